The third-order valence-electron chi connectivity index (χ3n) is 4.35. The van der Waals surface area contributed by atoms with Gasteiger partial charge >= 0.3 is 6.18 Å². The Morgan fingerprint density at radius 2 is 2.04 bits per heavy atom. The minimum absolute atomic E-state index is 0.00761. The van der Waals surface area contributed by atoms with Crippen molar-refractivity contribution >= 4 is 17.7 Å². The molecule has 3 heterocycles. The number of furan rings is 1. The van der Waals surface area contributed by atoms with Gasteiger partial charge in [0.1, 0.15) is 11.1 Å². The van der Waals surface area contributed by atoms with Crippen LogP contribution in [0.4, 0.5) is 13.2 Å². The summed E-state index contributed by atoms with van der Waals surface area (Å²) in [4.78, 5) is 14.0. The normalized spacial score (nSPS) is 17.7. The molecule has 140 valence electrons. The van der Waals surface area contributed by atoms with E-state index in [4.69, 9.17) is 4.42 Å². The molecule has 1 atom stereocenters. The van der Waals surface area contributed by atoms with Crippen LogP contribution in [0.15, 0.2) is 65.5 Å². The third kappa shape index (κ3) is 3.62. The molecule has 8 heteroatoms. The van der Waals surface area contributed by atoms with E-state index in [1.54, 1.807) is 46.3 Å². The lowest BCUT2D eigenvalue weighted by Crippen LogP contribution is -2.27. The number of carbonyl (C=O) groups is 1. The molecule has 0 N–H and O–H groups in total. The molecule has 1 aliphatic heterocycles. The van der Waals surface area contributed by atoms with Crippen LogP contribution in [0.1, 0.15) is 22.3 Å². The van der Waals surface area contributed by atoms with Gasteiger partial charge in [-0.1, -0.05) is 6.07 Å². The standard InChI is InChI=1S/C19H15F3N2O2S/c20-19(21,22)14-3-1-4-15(9-14)23-7-6-13(10-23)18-24(17(25)12-27-18)11-16-5-2-8-26-16/h1-10,18H,11-12H2/t18-/m0/s1. The zero-order valence-corrected chi connectivity index (χ0v) is 14.8. The van der Waals surface area contributed by atoms with Gasteiger partial charge in [0, 0.05) is 23.6 Å². The van der Waals surface area contributed by atoms with Crippen LogP contribution in [0.2, 0.25) is 0 Å². The number of halogens is 3. The Morgan fingerprint density at radius 1 is 1.19 bits per heavy atom. The monoisotopic (exact) mass is 392 g/mol. The first-order valence-corrected chi connectivity index (χ1v) is 9.26. The molecule has 3 aromatic rings. The van der Waals surface area contributed by atoms with Crippen molar-refractivity contribution in [3.8, 4) is 5.69 Å². The van der Waals surface area contributed by atoms with E-state index in [9.17, 15) is 18.0 Å². The molecule has 0 aliphatic carbocycles. The van der Waals surface area contributed by atoms with E-state index in [0.29, 0.717) is 23.7 Å². The molecular weight excluding hydrogens is 377 g/mol. The largest absolute Gasteiger partial charge is 0.467 e. The molecule has 1 aliphatic rings. The number of rotatable bonds is 4. The summed E-state index contributed by atoms with van der Waals surface area (Å²) in [6.07, 6.45) is 0.641. The van der Waals surface area contributed by atoms with Crippen molar-refractivity contribution in [2.45, 2.75) is 18.1 Å². The van der Waals surface area contributed by atoms with Crippen LogP contribution in [0, 0.1) is 0 Å². The highest BCUT2D eigenvalue weighted by Gasteiger charge is 2.34. The van der Waals surface area contributed by atoms with Crippen molar-refractivity contribution in [2.24, 2.45) is 0 Å². The van der Waals surface area contributed by atoms with Gasteiger partial charge in [-0.15, -0.1) is 11.8 Å². The van der Waals surface area contributed by atoms with Gasteiger partial charge in [0.2, 0.25) is 5.91 Å². The van der Waals surface area contributed by atoms with E-state index in [1.165, 1.54) is 17.8 Å². The number of alkyl halides is 3. The van der Waals surface area contributed by atoms with E-state index >= 15 is 0 Å². The summed E-state index contributed by atoms with van der Waals surface area (Å²) >= 11 is 1.49. The molecule has 27 heavy (non-hydrogen) atoms. The van der Waals surface area contributed by atoms with Gasteiger partial charge in [-0.3, -0.25) is 4.79 Å². The lowest BCUT2D eigenvalue weighted by Gasteiger charge is -2.22. The number of hydrogen-bond donors (Lipinski definition) is 0. The first kappa shape index (κ1) is 17.8. The van der Waals surface area contributed by atoms with Crippen LogP contribution >= 0.6 is 11.8 Å². The van der Waals surface area contributed by atoms with Gasteiger partial charge in [-0.05, 0) is 36.4 Å². The number of hydrogen-bond acceptors (Lipinski definition) is 3. The lowest BCUT2D eigenvalue weighted by molar-refractivity contribution is -0.137. The number of nitrogens with zero attached hydrogens (tertiary/aromatic N) is 2. The SMILES string of the molecule is O=C1CS[C@@H](c2ccn(-c3cccc(C(F)(F)F)c3)c2)N1Cc1ccco1. The van der Waals surface area contributed by atoms with Crippen molar-refractivity contribution in [2.75, 3.05) is 5.75 Å². The fourth-order valence-electron chi connectivity index (χ4n) is 3.03. The van der Waals surface area contributed by atoms with Crippen LogP contribution in [-0.4, -0.2) is 21.1 Å². The molecule has 0 saturated carbocycles. The molecule has 0 bridgehead atoms. The molecule has 0 unspecified atom stereocenters. The highest BCUT2D eigenvalue weighted by molar-refractivity contribution is 8.00. The summed E-state index contributed by atoms with van der Waals surface area (Å²) in [6.45, 7) is 0.359. The molecule has 4 rings (SSSR count). The minimum Gasteiger partial charge on any atom is -0.467 e. The van der Waals surface area contributed by atoms with Crippen molar-refractivity contribution in [3.63, 3.8) is 0 Å². The lowest BCUT2D eigenvalue weighted by atomic mass is 10.2. The molecule has 1 fully saturated rings. The number of thioether (sulfide) groups is 1. The van der Waals surface area contributed by atoms with Gasteiger partial charge < -0.3 is 13.9 Å². The summed E-state index contributed by atoms with van der Waals surface area (Å²) in [5.74, 6) is 1.06. The Balaban J connectivity index is 1.59. The van der Waals surface area contributed by atoms with Gasteiger partial charge in [-0.2, -0.15) is 13.2 Å². The smallest absolute Gasteiger partial charge is 0.416 e. The molecule has 4 nitrogen and oxygen atoms in total. The molecule has 1 saturated heterocycles. The summed E-state index contributed by atoms with van der Waals surface area (Å²) in [7, 11) is 0. The highest BCUT2D eigenvalue weighted by Crippen LogP contribution is 2.40. The summed E-state index contributed by atoms with van der Waals surface area (Å²) in [5, 5.41) is -0.199. The van der Waals surface area contributed by atoms with Crippen molar-refractivity contribution < 1.29 is 22.4 Å². The van der Waals surface area contributed by atoms with Gasteiger partial charge in [-0.25, -0.2) is 0 Å². The summed E-state index contributed by atoms with van der Waals surface area (Å²) in [6, 6.07) is 10.6. The van der Waals surface area contributed by atoms with Crippen LogP contribution in [0.3, 0.4) is 0 Å². The maximum atomic E-state index is 12.9. The predicted molar refractivity (Wildman–Crippen MR) is 95.2 cm³/mol. The topological polar surface area (TPSA) is 38.4 Å². The van der Waals surface area contributed by atoms with Crippen LogP contribution in [0.25, 0.3) is 5.69 Å². The molecular formula is C19H15F3N2O2S. The van der Waals surface area contributed by atoms with Crippen LogP contribution in [-0.2, 0) is 17.5 Å². The van der Waals surface area contributed by atoms with E-state index in [-0.39, 0.29) is 11.3 Å². The quantitative estimate of drug-likeness (QED) is 0.636. The molecule has 1 aromatic carbocycles. The molecule has 0 radical (unpaired) electrons. The fraction of sp³-hybridized carbons (Fsp3) is 0.211. The second-order valence-corrected chi connectivity index (χ2v) is 7.23. The first-order valence-electron chi connectivity index (χ1n) is 8.21. The van der Waals surface area contributed by atoms with E-state index in [2.05, 4.69) is 0 Å². The van der Waals surface area contributed by atoms with E-state index < -0.39 is 11.7 Å². The fourth-order valence-corrected chi connectivity index (χ4v) is 4.20. The summed E-state index contributed by atoms with van der Waals surface area (Å²) in [5.41, 5.74) is 0.581. The Hall–Kier alpha value is -2.61. The third-order valence-corrected chi connectivity index (χ3v) is 5.60. The number of amides is 1. The first-order chi connectivity index (χ1) is 12.9. The van der Waals surface area contributed by atoms with Crippen molar-refractivity contribution in [1.82, 2.24) is 9.47 Å². The maximum Gasteiger partial charge on any atom is 0.416 e. The zero-order valence-electron chi connectivity index (χ0n) is 14.0. The molecule has 2 aromatic heterocycles. The zero-order chi connectivity index (χ0) is 19.0. The second kappa shape index (κ2) is 6.84. The summed E-state index contributed by atoms with van der Waals surface area (Å²) < 4.78 is 45.8. The van der Waals surface area contributed by atoms with Crippen LogP contribution in [0.5, 0.6) is 0 Å². The Kier molecular flexibility index (Phi) is 4.51. The number of aromatic nitrogens is 1. The highest BCUT2D eigenvalue weighted by atomic mass is 32.2. The average molecular weight is 392 g/mol. The minimum atomic E-state index is -4.39. The van der Waals surface area contributed by atoms with Crippen molar-refractivity contribution in [1.29, 1.82) is 0 Å². The predicted octanol–water partition coefficient (Wildman–Crippen LogP) is 4.86. The van der Waals surface area contributed by atoms with Crippen LogP contribution < -0.4 is 0 Å². The van der Waals surface area contributed by atoms with Gasteiger partial charge in [0.25, 0.3) is 0 Å². The number of benzene rings is 1. The average Bonchev–Trinajstić information content (AvgIpc) is 3.37. The second-order valence-electron chi connectivity index (χ2n) is 6.16. The number of carbonyl (C=O) groups excluding carboxylic acids is 1. The van der Waals surface area contributed by atoms with Gasteiger partial charge in [0.05, 0.1) is 24.1 Å². The van der Waals surface area contributed by atoms with E-state index in [0.717, 1.165) is 17.7 Å². The Bertz CT molecular complexity index is 950. The van der Waals surface area contributed by atoms with Crippen molar-refractivity contribution in [3.05, 3.63) is 78.0 Å². The Labute approximate surface area is 157 Å². The molecule has 0 spiro atoms. The van der Waals surface area contributed by atoms with Gasteiger partial charge in [0.15, 0.2) is 0 Å². The van der Waals surface area contributed by atoms with E-state index in [1.807, 2.05) is 6.07 Å². The Morgan fingerprint density at radius 3 is 2.78 bits per heavy atom. The molecule has 1 amide bonds. The maximum absolute atomic E-state index is 12.9.